The van der Waals surface area contributed by atoms with Crippen molar-refractivity contribution in [3.05, 3.63) is 34.9 Å². The molecule has 0 heterocycles. The minimum atomic E-state index is 0.239. The van der Waals surface area contributed by atoms with Crippen LogP contribution in [-0.2, 0) is 4.79 Å². The third kappa shape index (κ3) is 11.2. The van der Waals surface area contributed by atoms with Crippen molar-refractivity contribution in [2.75, 3.05) is 0 Å². The van der Waals surface area contributed by atoms with Crippen molar-refractivity contribution < 1.29 is 4.79 Å². The molecule has 0 aromatic rings. The van der Waals surface area contributed by atoms with Crippen LogP contribution in [0, 0.1) is 0 Å². The van der Waals surface area contributed by atoms with Crippen LogP contribution in [-0.4, -0.2) is 5.78 Å². The molecule has 0 bridgehead atoms. The standard InChI is InChI=1S/C16H26O/c1-13(2)8-6-9-14(3)10-7-11-15(4)12-16(5)17/h8,10-11H,6-7,9,12H2,1-5H3/b14-10?,15-11+. The Balaban J connectivity index is 3.98. The molecule has 17 heavy (non-hydrogen) atoms. The summed E-state index contributed by atoms with van der Waals surface area (Å²) in [5, 5.41) is 0. The van der Waals surface area contributed by atoms with E-state index in [9.17, 15) is 4.79 Å². The number of hydrogen-bond acceptors (Lipinski definition) is 1. The highest BCUT2D eigenvalue weighted by atomic mass is 16.1. The predicted molar refractivity (Wildman–Crippen MR) is 76.1 cm³/mol. The molecule has 0 aliphatic heterocycles. The number of carbonyl (C=O) groups excluding carboxylic acids is 1. The molecule has 0 aliphatic carbocycles. The van der Waals surface area contributed by atoms with Crippen LogP contribution in [0.15, 0.2) is 34.9 Å². The average Bonchev–Trinajstić information content (AvgIpc) is 2.15. The molecule has 1 heteroatoms. The molecule has 0 radical (unpaired) electrons. The van der Waals surface area contributed by atoms with Gasteiger partial charge in [0.2, 0.25) is 0 Å². The summed E-state index contributed by atoms with van der Waals surface area (Å²) in [6, 6.07) is 0. The van der Waals surface area contributed by atoms with Crippen molar-refractivity contribution in [2.24, 2.45) is 0 Å². The second kappa shape index (κ2) is 8.98. The van der Waals surface area contributed by atoms with Gasteiger partial charge >= 0.3 is 0 Å². The van der Waals surface area contributed by atoms with Gasteiger partial charge in [0.15, 0.2) is 0 Å². The van der Waals surface area contributed by atoms with Gasteiger partial charge in [-0.25, -0.2) is 0 Å². The zero-order valence-corrected chi connectivity index (χ0v) is 12.0. The van der Waals surface area contributed by atoms with Crippen molar-refractivity contribution >= 4 is 5.78 Å². The van der Waals surface area contributed by atoms with E-state index in [0.717, 1.165) is 19.3 Å². The maximum atomic E-state index is 10.9. The fourth-order valence-electron chi connectivity index (χ4n) is 1.62. The number of hydrogen-bond donors (Lipinski definition) is 0. The van der Waals surface area contributed by atoms with E-state index in [0.29, 0.717) is 6.42 Å². The molecule has 0 saturated heterocycles. The van der Waals surface area contributed by atoms with E-state index < -0.39 is 0 Å². The van der Waals surface area contributed by atoms with E-state index in [1.165, 1.54) is 16.7 Å². The van der Waals surface area contributed by atoms with Crippen LogP contribution in [0.3, 0.4) is 0 Å². The summed E-state index contributed by atoms with van der Waals surface area (Å²) in [7, 11) is 0. The normalized spacial score (nSPS) is 12.5. The number of ketones is 1. The Kier molecular flexibility index (Phi) is 8.39. The molecule has 0 saturated carbocycles. The minimum Gasteiger partial charge on any atom is -0.300 e. The Labute approximate surface area is 106 Å². The van der Waals surface area contributed by atoms with E-state index in [2.05, 4.69) is 39.0 Å². The van der Waals surface area contributed by atoms with Crippen LogP contribution in [0.25, 0.3) is 0 Å². The van der Waals surface area contributed by atoms with Crippen LogP contribution < -0.4 is 0 Å². The molecule has 0 unspecified atom stereocenters. The molecule has 0 aliphatic rings. The number of carbonyl (C=O) groups is 1. The highest BCUT2D eigenvalue weighted by molar-refractivity contribution is 5.77. The van der Waals surface area contributed by atoms with Crippen molar-refractivity contribution in [3.8, 4) is 0 Å². The number of rotatable bonds is 7. The van der Waals surface area contributed by atoms with E-state index in [1.807, 2.05) is 6.92 Å². The maximum Gasteiger partial charge on any atom is 0.133 e. The van der Waals surface area contributed by atoms with Gasteiger partial charge in [-0.1, -0.05) is 34.9 Å². The first-order chi connectivity index (χ1) is 7.91. The molecule has 0 amide bonds. The lowest BCUT2D eigenvalue weighted by molar-refractivity contribution is -0.116. The van der Waals surface area contributed by atoms with Crippen LogP contribution in [0.5, 0.6) is 0 Å². The van der Waals surface area contributed by atoms with Gasteiger partial charge in [0, 0.05) is 6.42 Å². The smallest absolute Gasteiger partial charge is 0.133 e. The fraction of sp³-hybridized carbons (Fsp3) is 0.562. The molecule has 0 spiro atoms. The lowest BCUT2D eigenvalue weighted by Crippen LogP contribution is -1.89. The zero-order chi connectivity index (χ0) is 13.3. The van der Waals surface area contributed by atoms with E-state index >= 15 is 0 Å². The van der Waals surface area contributed by atoms with Gasteiger partial charge in [0.25, 0.3) is 0 Å². The van der Waals surface area contributed by atoms with Crippen molar-refractivity contribution in [2.45, 2.75) is 60.3 Å². The van der Waals surface area contributed by atoms with Crippen molar-refractivity contribution in [1.82, 2.24) is 0 Å². The zero-order valence-electron chi connectivity index (χ0n) is 12.0. The summed E-state index contributed by atoms with van der Waals surface area (Å²) in [4.78, 5) is 10.9. The summed E-state index contributed by atoms with van der Waals surface area (Å²) in [5.74, 6) is 0.239. The third-order valence-corrected chi connectivity index (χ3v) is 2.55. The molecule has 0 fully saturated rings. The van der Waals surface area contributed by atoms with E-state index in [-0.39, 0.29) is 5.78 Å². The lowest BCUT2D eigenvalue weighted by Gasteiger charge is -1.99. The summed E-state index contributed by atoms with van der Waals surface area (Å²) in [6.45, 7) is 10.1. The van der Waals surface area contributed by atoms with Gasteiger partial charge in [-0.2, -0.15) is 0 Å². The molecular weight excluding hydrogens is 208 g/mol. The summed E-state index contributed by atoms with van der Waals surface area (Å²) < 4.78 is 0. The maximum absolute atomic E-state index is 10.9. The van der Waals surface area contributed by atoms with Crippen molar-refractivity contribution in [1.29, 1.82) is 0 Å². The Hall–Kier alpha value is -1.11. The Morgan fingerprint density at radius 2 is 1.47 bits per heavy atom. The first-order valence-electron chi connectivity index (χ1n) is 6.36. The van der Waals surface area contributed by atoms with Crippen LogP contribution >= 0.6 is 0 Å². The van der Waals surface area contributed by atoms with Crippen LogP contribution in [0.4, 0.5) is 0 Å². The van der Waals surface area contributed by atoms with Crippen LogP contribution in [0.1, 0.15) is 60.3 Å². The first kappa shape index (κ1) is 15.9. The van der Waals surface area contributed by atoms with Gasteiger partial charge in [0.1, 0.15) is 5.78 Å². The molecule has 0 aromatic carbocycles. The Bertz CT molecular complexity index is 325. The quantitative estimate of drug-likeness (QED) is 0.567. The molecular formula is C16H26O. The van der Waals surface area contributed by atoms with Gasteiger partial charge in [-0.3, -0.25) is 4.79 Å². The molecule has 0 N–H and O–H groups in total. The molecule has 0 rings (SSSR count). The summed E-state index contributed by atoms with van der Waals surface area (Å²) in [5.41, 5.74) is 3.98. The number of Topliss-reactive ketones (excluding diaryl/α,β-unsaturated/α-hetero) is 1. The van der Waals surface area contributed by atoms with Gasteiger partial charge in [0.05, 0.1) is 0 Å². The monoisotopic (exact) mass is 234 g/mol. The lowest BCUT2D eigenvalue weighted by atomic mass is 10.1. The van der Waals surface area contributed by atoms with Crippen molar-refractivity contribution in [3.63, 3.8) is 0 Å². The summed E-state index contributed by atoms with van der Waals surface area (Å²) >= 11 is 0. The van der Waals surface area contributed by atoms with E-state index in [4.69, 9.17) is 0 Å². The minimum absolute atomic E-state index is 0.239. The molecule has 0 aromatic heterocycles. The third-order valence-electron chi connectivity index (χ3n) is 2.55. The van der Waals surface area contributed by atoms with Gasteiger partial charge in [-0.05, 0) is 53.9 Å². The predicted octanol–water partition coefficient (Wildman–Crippen LogP) is 4.99. The Morgan fingerprint density at radius 1 is 0.882 bits per heavy atom. The largest absolute Gasteiger partial charge is 0.300 e. The molecule has 0 atom stereocenters. The Morgan fingerprint density at radius 3 is 2.00 bits per heavy atom. The highest BCUT2D eigenvalue weighted by Gasteiger charge is 1.94. The molecule has 96 valence electrons. The average molecular weight is 234 g/mol. The number of allylic oxidation sites excluding steroid dienone is 6. The second-order valence-corrected chi connectivity index (χ2v) is 5.04. The van der Waals surface area contributed by atoms with Crippen LogP contribution in [0.2, 0.25) is 0 Å². The van der Waals surface area contributed by atoms with Gasteiger partial charge in [-0.15, -0.1) is 0 Å². The summed E-state index contributed by atoms with van der Waals surface area (Å²) in [6.07, 6.45) is 10.5. The SMILES string of the molecule is CC(=O)C/C(C)=C/CC=C(C)CCC=C(C)C. The molecule has 1 nitrogen and oxygen atoms in total. The fourth-order valence-corrected chi connectivity index (χ4v) is 1.62. The van der Waals surface area contributed by atoms with Gasteiger partial charge < -0.3 is 0 Å². The second-order valence-electron chi connectivity index (χ2n) is 5.04. The highest BCUT2D eigenvalue weighted by Crippen LogP contribution is 2.09. The first-order valence-corrected chi connectivity index (χ1v) is 6.36. The topological polar surface area (TPSA) is 17.1 Å². The van der Waals surface area contributed by atoms with E-state index in [1.54, 1.807) is 6.92 Å².